The highest BCUT2D eigenvalue weighted by atomic mass is 35.5. The molecule has 0 saturated heterocycles. The second-order valence-corrected chi connectivity index (χ2v) is 5.52. The molecule has 22 heavy (non-hydrogen) atoms. The van der Waals surface area contributed by atoms with Crippen molar-refractivity contribution >= 4 is 29.3 Å². The maximum Gasteiger partial charge on any atom is 0.406 e. The van der Waals surface area contributed by atoms with Gasteiger partial charge in [-0.1, -0.05) is 54.4 Å². The lowest BCUT2D eigenvalue weighted by Gasteiger charge is -2.35. The maximum absolute atomic E-state index is 13.1. The van der Waals surface area contributed by atoms with Gasteiger partial charge in [0.05, 0.1) is 10.0 Å². The highest BCUT2D eigenvalue weighted by Gasteiger charge is 2.69. The Balaban J connectivity index is 3.61. The number of alkyl halides is 6. The SMILES string of the molecule is CC/C=C\c1ccc(C(C)(C(F)(F)F)C(F)(F)F)c(Cl)c1Cl. The van der Waals surface area contributed by atoms with Crippen LogP contribution in [-0.2, 0) is 5.41 Å². The van der Waals surface area contributed by atoms with E-state index in [1.54, 1.807) is 6.08 Å². The topological polar surface area (TPSA) is 0 Å². The smallest absolute Gasteiger partial charge is 0.170 e. The van der Waals surface area contributed by atoms with Gasteiger partial charge in [0, 0.05) is 0 Å². The lowest BCUT2D eigenvalue weighted by Crippen LogP contribution is -2.51. The molecular weight excluding hydrogens is 353 g/mol. The van der Waals surface area contributed by atoms with Gasteiger partial charge in [0.2, 0.25) is 0 Å². The van der Waals surface area contributed by atoms with Gasteiger partial charge in [-0.2, -0.15) is 26.3 Å². The van der Waals surface area contributed by atoms with Gasteiger partial charge >= 0.3 is 12.4 Å². The molecule has 0 amide bonds. The minimum Gasteiger partial charge on any atom is -0.170 e. The van der Waals surface area contributed by atoms with Gasteiger partial charge in [-0.05, 0) is 24.5 Å². The molecule has 0 heterocycles. The summed E-state index contributed by atoms with van der Waals surface area (Å²) in [6.45, 7) is 1.86. The van der Waals surface area contributed by atoms with Crippen molar-refractivity contribution in [2.24, 2.45) is 0 Å². The molecule has 0 N–H and O–H groups in total. The van der Waals surface area contributed by atoms with E-state index in [1.807, 2.05) is 6.92 Å². The largest absolute Gasteiger partial charge is 0.406 e. The van der Waals surface area contributed by atoms with Crippen molar-refractivity contribution in [2.75, 3.05) is 0 Å². The quantitative estimate of drug-likeness (QED) is 0.517. The van der Waals surface area contributed by atoms with Crippen LogP contribution < -0.4 is 0 Å². The van der Waals surface area contributed by atoms with Gasteiger partial charge in [-0.3, -0.25) is 0 Å². The van der Waals surface area contributed by atoms with Crippen molar-refractivity contribution in [3.05, 3.63) is 39.4 Å². The van der Waals surface area contributed by atoms with Crippen LogP contribution in [0.1, 0.15) is 31.4 Å². The zero-order chi connectivity index (χ0) is 17.3. The van der Waals surface area contributed by atoms with E-state index in [1.165, 1.54) is 6.08 Å². The van der Waals surface area contributed by atoms with Crippen molar-refractivity contribution in [1.29, 1.82) is 0 Å². The number of halogens is 8. The normalized spacial score (nSPS) is 13.9. The molecule has 124 valence electrons. The number of rotatable bonds is 3. The second-order valence-electron chi connectivity index (χ2n) is 4.76. The van der Waals surface area contributed by atoms with Crippen molar-refractivity contribution in [1.82, 2.24) is 0 Å². The highest BCUT2D eigenvalue weighted by molar-refractivity contribution is 6.43. The van der Waals surface area contributed by atoms with Gasteiger partial charge in [-0.15, -0.1) is 0 Å². The molecule has 0 aliphatic rings. The van der Waals surface area contributed by atoms with Crippen LogP contribution in [0.2, 0.25) is 10.0 Å². The zero-order valence-electron chi connectivity index (χ0n) is 11.5. The third-order valence-electron chi connectivity index (χ3n) is 3.32. The number of hydrogen-bond donors (Lipinski definition) is 0. The van der Waals surface area contributed by atoms with E-state index in [9.17, 15) is 26.3 Å². The Morgan fingerprint density at radius 2 is 1.45 bits per heavy atom. The summed E-state index contributed by atoms with van der Waals surface area (Å²) in [5, 5.41) is -1.10. The molecule has 0 aromatic heterocycles. The van der Waals surface area contributed by atoms with E-state index in [4.69, 9.17) is 23.2 Å². The summed E-state index contributed by atoms with van der Waals surface area (Å²) in [5.74, 6) is 0. The molecule has 8 heteroatoms. The molecule has 1 aromatic rings. The van der Waals surface area contributed by atoms with Crippen LogP contribution in [-0.4, -0.2) is 12.4 Å². The third kappa shape index (κ3) is 3.23. The van der Waals surface area contributed by atoms with Gasteiger partial charge in [0.25, 0.3) is 0 Å². The van der Waals surface area contributed by atoms with Gasteiger partial charge in [0.1, 0.15) is 0 Å². The number of hydrogen-bond acceptors (Lipinski definition) is 0. The van der Waals surface area contributed by atoms with Crippen molar-refractivity contribution in [3.8, 4) is 0 Å². The van der Waals surface area contributed by atoms with Crippen LogP contribution in [0, 0.1) is 0 Å². The van der Waals surface area contributed by atoms with E-state index >= 15 is 0 Å². The summed E-state index contributed by atoms with van der Waals surface area (Å²) in [4.78, 5) is 0. The summed E-state index contributed by atoms with van der Waals surface area (Å²) >= 11 is 11.5. The zero-order valence-corrected chi connectivity index (χ0v) is 13.1. The first-order valence-electron chi connectivity index (χ1n) is 6.16. The minimum atomic E-state index is -5.57. The molecule has 1 rings (SSSR count). The average molecular weight is 365 g/mol. The Kier molecular flexibility index (Phi) is 5.50. The standard InChI is InChI=1S/C14H12Cl2F6/c1-3-4-5-8-6-7-9(11(16)10(8)15)12(2,13(17,18)19)14(20,21)22/h4-7H,3H2,1-2H3/b5-4-. The molecule has 0 unspecified atom stereocenters. The average Bonchev–Trinajstić information content (AvgIpc) is 2.37. The molecule has 0 saturated carbocycles. The fourth-order valence-corrected chi connectivity index (χ4v) is 2.38. The molecular formula is C14H12Cl2F6. The molecule has 0 fully saturated rings. The van der Waals surface area contributed by atoms with Gasteiger partial charge in [0.15, 0.2) is 5.41 Å². The van der Waals surface area contributed by atoms with Crippen LogP contribution in [0.5, 0.6) is 0 Å². The Hall–Kier alpha value is -0.880. The van der Waals surface area contributed by atoms with E-state index < -0.39 is 28.4 Å². The minimum absolute atomic E-state index is 0.0477. The Morgan fingerprint density at radius 3 is 1.86 bits per heavy atom. The maximum atomic E-state index is 13.1. The van der Waals surface area contributed by atoms with Crippen LogP contribution in [0.15, 0.2) is 18.2 Å². The van der Waals surface area contributed by atoms with Crippen molar-refractivity contribution < 1.29 is 26.3 Å². The van der Waals surface area contributed by atoms with E-state index in [0.717, 1.165) is 6.07 Å². The van der Waals surface area contributed by atoms with Crippen molar-refractivity contribution in [2.45, 2.75) is 38.0 Å². The summed E-state index contributed by atoms with van der Waals surface area (Å²) in [7, 11) is 0. The second kappa shape index (κ2) is 6.32. The molecule has 0 aliphatic carbocycles. The lowest BCUT2D eigenvalue weighted by molar-refractivity contribution is -0.297. The van der Waals surface area contributed by atoms with Crippen LogP contribution in [0.4, 0.5) is 26.3 Å². The number of allylic oxidation sites excluding steroid dienone is 1. The first-order chi connectivity index (χ1) is 9.88. The van der Waals surface area contributed by atoms with Gasteiger partial charge in [-0.25, -0.2) is 0 Å². The predicted octanol–water partition coefficient (Wildman–Crippen LogP) is 6.80. The summed E-state index contributed by atoms with van der Waals surface area (Å²) in [5.41, 5.74) is -4.97. The summed E-state index contributed by atoms with van der Waals surface area (Å²) in [6, 6.07) is 1.80. The first kappa shape index (κ1) is 19.2. The Bertz CT molecular complexity index is 558. The van der Waals surface area contributed by atoms with Gasteiger partial charge < -0.3 is 0 Å². The molecule has 1 aromatic carbocycles. The molecule has 0 nitrogen and oxygen atoms in total. The molecule has 0 bridgehead atoms. The summed E-state index contributed by atoms with van der Waals surface area (Å²) in [6.07, 6.45) is -7.38. The highest BCUT2D eigenvalue weighted by Crippen LogP contribution is 2.54. The lowest BCUT2D eigenvalue weighted by atomic mass is 9.80. The molecule has 0 atom stereocenters. The number of benzene rings is 1. The van der Waals surface area contributed by atoms with E-state index in [2.05, 4.69) is 0 Å². The Morgan fingerprint density at radius 1 is 0.955 bits per heavy atom. The Labute approximate surface area is 133 Å². The van der Waals surface area contributed by atoms with E-state index in [0.29, 0.717) is 12.5 Å². The third-order valence-corrected chi connectivity index (χ3v) is 4.21. The molecule has 0 spiro atoms. The monoisotopic (exact) mass is 364 g/mol. The van der Waals surface area contributed by atoms with E-state index in [-0.39, 0.29) is 17.5 Å². The summed E-state index contributed by atoms with van der Waals surface area (Å²) < 4.78 is 78.4. The van der Waals surface area contributed by atoms with Crippen molar-refractivity contribution in [3.63, 3.8) is 0 Å². The van der Waals surface area contributed by atoms with Crippen LogP contribution in [0.25, 0.3) is 6.08 Å². The van der Waals surface area contributed by atoms with Crippen LogP contribution >= 0.6 is 23.2 Å². The fraction of sp³-hybridized carbons (Fsp3) is 0.429. The fourth-order valence-electron chi connectivity index (χ4n) is 1.79. The first-order valence-corrected chi connectivity index (χ1v) is 6.92. The van der Waals surface area contributed by atoms with Crippen LogP contribution in [0.3, 0.4) is 0 Å². The molecule has 0 radical (unpaired) electrons. The molecule has 0 aliphatic heterocycles. The predicted molar refractivity (Wildman–Crippen MR) is 75.2 cm³/mol.